The van der Waals surface area contributed by atoms with Crippen LogP contribution in [0.3, 0.4) is 0 Å². The lowest BCUT2D eigenvalue weighted by atomic mass is 10.2. The number of nitrogens with one attached hydrogen (secondary N) is 1. The number of alkyl carbamates (subject to hydrolysis) is 1. The largest absolute Gasteiger partial charge is 0.444 e. The van der Waals surface area contributed by atoms with Gasteiger partial charge < -0.3 is 20.2 Å². The van der Waals surface area contributed by atoms with Gasteiger partial charge in [0, 0.05) is 13.0 Å². The first-order valence-corrected chi connectivity index (χ1v) is 5.54. The zero-order valence-electron chi connectivity index (χ0n) is 10.4. The van der Waals surface area contributed by atoms with Crippen LogP contribution < -0.4 is 11.1 Å². The number of hydrogen-bond donors (Lipinski definition) is 2. The van der Waals surface area contributed by atoms with E-state index in [1.54, 1.807) is 6.20 Å². The number of carbonyl (C=O) groups is 1. The molecule has 1 amide bonds. The molecule has 17 heavy (non-hydrogen) atoms. The highest BCUT2D eigenvalue weighted by atomic mass is 16.6. The molecule has 0 fully saturated rings. The second-order valence-electron chi connectivity index (χ2n) is 4.70. The van der Waals surface area contributed by atoms with E-state index < -0.39 is 11.7 Å². The van der Waals surface area contributed by atoms with Crippen LogP contribution in [0.5, 0.6) is 0 Å². The van der Waals surface area contributed by atoms with Gasteiger partial charge in [0.25, 0.3) is 6.01 Å². The lowest BCUT2D eigenvalue weighted by Gasteiger charge is -2.19. The summed E-state index contributed by atoms with van der Waals surface area (Å²) in [5, 5.41) is 2.66. The number of aryl methyl sites for hydroxylation is 1. The summed E-state index contributed by atoms with van der Waals surface area (Å²) in [5.74, 6) is 0.716. The third-order valence-corrected chi connectivity index (χ3v) is 1.84. The number of amides is 1. The van der Waals surface area contributed by atoms with Gasteiger partial charge >= 0.3 is 6.09 Å². The van der Waals surface area contributed by atoms with E-state index in [2.05, 4.69) is 10.3 Å². The Balaban J connectivity index is 2.14. The molecule has 96 valence electrons. The number of nitrogens with zero attached hydrogens (tertiary/aromatic N) is 1. The summed E-state index contributed by atoms with van der Waals surface area (Å²) < 4.78 is 10.2. The Bertz CT molecular complexity index is 368. The number of hydrogen-bond acceptors (Lipinski definition) is 5. The van der Waals surface area contributed by atoms with Crippen molar-refractivity contribution in [2.24, 2.45) is 0 Å². The molecule has 6 heteroatoms. The molecule has 1 heterocycles. The van der Waals surface area contributed by atoms with Gasteiger partial charge in [0.05, 0.1) is 6.20 Å². The van der Waals surface area contributed by atoms with Gasteiger partial charge in [-0.15, -0.1) is 0 Å². The Hall–Kier alpha value is -1.72. The van der Waals surface area contributed by atoms with E-state index in [4.69, 9.17) is 14.9 Å². The molecular formula is C11H19N3O3. The molecule has 0 aromatic carbocycles. The van der Waals surface area contributed by atoms with Crippen molar-refractivity contribution in [3.8, 4) is 0 Å². The van der Waals surface area contributed by atoms with E-state index in [1.807, 2.05) is 20.8 Å². The van der Waals surface area contributed by atoms with Gasteiger partial charge in [0.1, 0.15) is 11.4 Å². The maximum atomic E-state index is 11.3. The van der Waals surface area contributed by atoms with Crippen LogP contribution in [0.1, 0.15) is 33.0 Å². The Labute approximate surface area is 101 Å². The summed E-state index contributed by atoms with van der Waals surface area (Å²) >= 11 is 0. The van der Waals surface area contributed by atoms with Crippen LogP contribution in [0.15, 0.2) is 10.6 Å². The van der Waals surface area contributed by atoms with Crippen molar-refractivity contribution in [2.45, 2.75) is 39.2 Å². The highest BCUT2D eigenvalue weighted by Gasteiger charge is 2.15. The first kappa shape index (κ1) is 13.3. The molecule has 0 unspecified atom stereocenters. The fraction of sp³-hybridized carbons (Fsp3) is 0.636. The fourth-order valence-corrected chi connectivity index (χ4v) is 1.21. The van der Waals surface area contributed by atoms with Crippen molar-refractivity contribution >= 4 is 12.1 Å². The van der Waals surface area contributed by atoms with Gasteiger partial charge in [-0.05, 0) is 27.2 Å². The number of nitrogens with two attached hydrogens (primary N) is 1. The quantitative estimate of drug-likeness (QED) is 0.783. The predicted molar refractivity (Wildman–Crippen MR) is 63.5 cm³/mol. The van der Waals surface area contributed by atoms with E-state index in [-0.39, 0.29) is 6.01 Å². The third-order valence-electron chi connectivity index (χ3n) is 1.84. The lowest BCUT2D eigenvalue weighted by molar-refractivity contribution is 0.0527. The predicted octanol–water partition coefficient (Wildman–Crippen LogP) is 1.71. The van der Waals surface area contributed by atoms with Crippen molar-refractivity contribution in [1.29, 1.82) is 0 Å². The maximum absolute atomic E-state index is 11.3. The monoisotopic (exact) mass is 241 g/mol. The normalized spacial score (nSPS) is 11.2. The number of rotatable bonds is 4. The summed E-state index contributed by atoms with van der Waals surface area (Å²) in [6.07, 6.45) is 2.60. The number of oxazole rings is 1. The molecule has 3 N–H and O–H groups in total. The van der Waals surface area contributed by atoms with E-state index >= 15 is 0 Å². The van der Waals surface area contributed by atoms with Crippen LogP contribution in [0.2, 0.25) is 0 Å². The molecule has 0 saturated carbocycles. The van der Waals surface area contributed by atoms with Crippen LogP contribution in [0.4, 0.5) is 10.8 Å². The molecule has 1 aromatic heterocycles. The smallest absolute Gasteiger partial charge is 0.407 e. The SMILES string of the molecule is CC(C)(C)OC(=O)NCCCc1cnc(N)o1. The second kappa shape index (κ2) is 5.56. The van der Waals surface area contributed by atoms with Crippen LogP contribution in [-0.2, 0) is 11.2 Å². The third kappa shape index (κ3) is 5.79. The molecule has 6 nitrogen and oxygen atoms in total. The minimum absolute atomic E-state index is 0.167. The van der Waals surface area contributed by atoms with E-state index in [9.17, 15) is 4.79 Å². The summed E-state index contributed by atoms with van der Waals surface area (Å²) in [7, 11) is 0. The molecule has 1 aromatic rings. The number of anilines is 1. The lowest BCUT2D eigenvalue weighted by Crippen LogP contribution is -2.33. The van der Waals surface area contributed by atoms with Gasteiger partial charge in [-0.2, -0.15) is 0 Å². The van der Waals surface area contributed by atoms with Gasteiger partial charge in [-0.25, -0.2) is 9.78 Å². The van der Waals surface area contributed by atoms with Crippen LogP contribution >= 0.6 is 0 Å². The molecule has 0 spiro atoms. The summed E-state index contributed by atoms with van der Waals surface area (Å²) in [5.41, 5.74) is 4.86. The first-order chi connectivity index (χ1) is 7.87. The number of ether oxygens (including phenoxy) is 1. The Morgan fingerprint density at radius 3 is 2.82 bits per heavy atom. The maximum Gasteiger partial charge on any atom is 0.407 e. The minimum Gasteiger partial charge on any atom is -0.444 e. The van der Waals surface area contributed by atoms with Gasteiger partial charge in [0.15, 0.2) is 0 Å². The fourth-order valence-electron chi connectivity index (χ4n) is 1.21. The van der Waals surface area contributed by atoms with Crippen molar-refractivity contribution < 1.29 is 13.9 Å². The summed E-state index contributed by atoms with van der Waals surface area (Å²) in [6, 6.07) is 0.167. The van der Waals surface area contributed by atoms with Crippen molar-refractivity contribution in [1.82, 2.24) is 10.3 Å². The van der Waals surface area contributed by atoms with Crippen LogP contribution in [-0.4, -0.2) is 23.2 Å². The molecular weight excluding hydrogens is 222 g/mol. The minimum atomic E-state index is -0.469. The van der Waals surface area contributed by atoms with Crippen molar-refractivity contribution in [2.75, 3.05) is 12.3 Å². The summed E-state index contributed by atoms with van der Waals surface area (Å²) in [6.45, 7) is 5.99. The molecule has 1 rings (SSSR count). The first-order valence-electron chi connectivity index (χ1n) is 5.54. The van der Waals surface area contributed by atoms with E-state index in [0.29, 0.717) is 18.7 Å². The topological polar surface area (TPSA) is 90.4 Å². The standard InChI is InChI=1S/C11H19N3O3/c1-11(2,3)17-10(15)13-6-4-5-8-7-14-9(12)16-8/h7H,4-6H2,1-3H3,(H2,12,14)(H,13,15). The average Bonchev–Trinajstić information content (AvgIpc) is 2.56. The number of aromatic nitrogens is 1. The van der Waals surface area contributed by atoms with Crippen LogP contribution in [0, 0.1) is 0 Å². The highest BCUT2D eigenvalue weighted by Crippen LogP contribution is 2.08. The van der Waals surface area contributed by atoms with Gasteiger partial charge in [0.2, 0.25) is 0 Å². The zero-order chi connectivity index (χ0) is 12.9. The molecule has 0 aliphatic heterocycles. The summed E-state index contributed by atoms with van der Waals surface area (Å²) in [4.78, 5) is 15.1. The van der Waals surface area contributed by atoms with Crippen molar-refractivity contribution in [3.63, 3.8) is 0 Å². The number of carbonyl (C=O) groups excluding carboxylic acids is 1. The Kier molecular flexibility index (Phi) is 4.37. The molecule has 0 atom stereocenters. The Morgan fingerprint density at radius 1 is 1.59 bits per heavy atom. The molecule has 0 bridgehead atoms. The van der Waals surface area contributed by atoms with Crippen LogP contribution in [0.25, 0.3) is 0 Å². The molecule has 0 aliphatic carbocycles. The number of nitrogen functional groups attached to an aromatic ring is 1. The molecule has 0 radical (unpaired) electrons. The van der Waals surface area contributed by atoms with Crippen molar-refractivity contribution in [3.05, 3.63) is 12.0 Å². The molecule has 0 saturated heterocycles. The Morgan fingerprint density at radius 2 is 2.29 bits per heavy atom. The van der Waals surface area contributed by atoms with E-state index in [1.165, 1.54) is 0 Å². The zero-order valence-corrected chi connectivity index (χ0v) is 10.4. The van der Waals surface area contributed by atoms with Gasteiger partial charge in [-0.1, -0.05) is 0 Å². The second-order valence-corrected chi connectivity index (χ2v) is 4.70. The highest BCUT2D eigenvalue weighted by molar-refractivity contribution is 5.67. The van der Waals surface area contributed by atoms with Gasteiger partial charge in [-0.3, -0.25) is 0 Å². The average molecular weight is 241 g/mol. The molecule has 0 aliphatic rings. The van der Waals surface area contributed by atoms with E-state index in [0.717, 1.165) is 6.42 Å².